The van der Waals surface area contributed by atoms with E-state index in [9.17, 15) is 0 Å². The number of nitrogens with zero attached hydrogens (tertiary/aromatic N) is 3. The molecule has 0 bridgehead atoms. The van der Waals surface area contributed by atoms with E-state index >= 15 is 0 Å². The molecule has 0 spiro atoms. The molecule has 0 fully saturated rings. The van der Waals surface area contributed by atoms with Gasteiger partial charge in [0.25, 0.3) is 0 Å². The lowest BCUT2D eigenvalue weighted by molar-refractivity contribution is 0.323. The fourth-order valence-corrected chi connectivity index (χ4v) is 3.95. The number of rotatable bonds is 5. The van der Waals surface area contributed by atoms with Crippen LogP contribution in [0.1, 0.15) is 30.6 Å². The monoisotopic (exact) mass is 391 g/mol. The quantitative estimate of drug-likeness (QED) is 0.616. The molecular weight excluding hydrogens is 366 g/mol. The van der Waals surface area contributed by atoms with E-state index in [1.165, 1.54) is 0 Å². The first-order valence-electron chi connectivity index (χ1n) is 9.56. The van der Waals surface area contributed by atoms with Crippen LogP contribution in [0.4, 0.5) is 5.82 Å². The highest BCUT2D eigenvalue weighted by molar-refractivity contribution is 5.90. The first kappa shape index (κ1) is 19.1. The van der Waals surface area contributed by atoms with Crippen LogP contribution in [-0.2, 0) is 0 Å². The third-order valence-electron chi connectivity index (χ3n) is 5.28. The number of hydrogen-bond acceptors (Lipinski definition) is 5. The lowest BCUT2D eigenvalue weighted by atomic mass is 9.98. The molecule has 0 saturated heterocycles. The maximum absolute atomic E-state index is 5.56. The summed E-state index contributed by atoms with van der Waals surface area (Å²) in [5, 5.41) is 4.87. The van der Waals surface area contributed by atoms with Gasteiger partial charge in [-0.3, -0.25) is 0 Å². The maximum atomic E-state index is 5.56. The van der Waals surface area contributed by atoms with Crippen molar-refractivity contribution >= 4 is 11.5 Å². The van der Waals surface area contributed by atoms with Crippen molar-refractivity contribution in [3.8, 4) is 28.4 Å². The number of ether oxygens (including phenoxy) is 3. The summed E-state index contributed by atoms with van der Waals surface area (Å²) in [5.74, 6) is 2.74. The standard InChI is InChI=1S/C23H25N3O3/c1-14-11-18(17-12-19(27-3)22(29-5)20(13-17)28-4)26-23(24-14)21(15(2)25-26)16-9-7-6-8-10-16/h6-10,12-13,18H,11H2,1-5H3/t18-/m0/s1. The highest BCUT2D eigenvalue weighted by Gasteiger charge is 2.29. The van der Waals surface area contributed by atoms with Crippen LogP contribution >= 0.6 is 0 Å². The summed E-state index contributed by atoms with van der Waals surface area (Å²) in [7, 11) is 4.87. The molecule has 1 aliphatic heterocycles. The van der Waals surface area contributed by atoms with E-state index < -0.39 is 0 Å². The van der Waals surface area contributed by atoms with Crippen LogP contribution in [0, 0.1) is 6.92 Å². The van der Waals surface area contributed by atoms with Crippen LogP contribution in [0.15, 0.2) is 47.5 Å². The van der Waals surface area contributed by atoms with Crippen molar-refractivity contribution in [2.75, 3.05) is 21.3 Å². The summed E-state index contributed by atoms with van der Waals surface area (Å²) < 4.78 is 18.6. The molecule has 4 rings (SSSR count). The van der Waals surface area contributed by atoms with Gasteiger partial charge in [0.05, 0.1) is 33.1 Å². The molecule has 0 N–H and O–H groups in total. The van der Waals surface area contributed by atoms with Gasteiger partial charge in [-0.2, -0.15) is 5.10 Å². The van der Waals surface area contributed by atoms with Crippen molar-refractivity contribution in [3.05, 3.63) is 53.7 Å². The normalized spacial score (nSPS) is 15.5. The number of aromatic nitrogens is 2. The van der Waals surface area contributed by atoms with E-state index in [4.69, 9.17) is 24.3 Å². The Balaban J connectivity index is 1.89. The third-order valence-corrected chi connectivity index (χ3v) is 5.28. The topological polar surface area (TPSA) is 57.9 Å². The van der Waals surface area contributed by atoms with Gasteiger partial charge >= 0.3 is 0 Å². The SMILES string of the molecule is COc1cc([C@@H]2CC(C)=Nc3c(-c4ccccc4)c(C)nn32)cc(OC)c1OC. The third kappa shape index (κ3) is 3.24. The van der Waals surface area contributed by atoms with Gasteiger partial charge in [0.2, 0.25) is 5.75 Å². The predicted molar refractivity (Wildman–Crippen MR) is 114 cm³/mol. The van der Waals surface area contributed by atoms with Gasteiger partial charge in [0.1, 0.15) is 0 Å². The molecular formula is C23H25N3O3. The molecule has 0 aliphatic carbocycles. The number of aliphatic imine (C=N–C) groups is 1. The van der Waals surface area contributed by atoms with Crippen molar-refractivity contribution in [1.29, 1.82) is 0 Å². The predicted octanol–water partition coefficient (Wildman–Crippen LogP) is 4.97. The second-order valence-electron chi connectivity index (χ2n) is 7.12. The van der Waals surface area contributed by atoms with Crippen LogP contribution < -0.4 is 14.2 Å². The zero-order valence-corrected chi connectivity index (χ0v) is 17.4. The summed E-state index contributed by atoms with van der Waals surface area (Å²) in [5.41, 5.74) is 5.25. The van der Waals surface area contributed by atoms with Gasteiger partial charge in [-0.05, 0) is 37.1 Å². The van der Waals surface area contributed by atoms with E-state index in [2.05, 4.69) is 19.1 Å². The highest BCUT2D eigenvalue weighted by atomic mass is 16.5. The molecule has 0 saturated carbocycles. The summed E-state index contributed by atoms with van der Waals surface area (Å²) in [4.78, 5) is 4.87. The van der Waals surface area contributed by atoms with Gasteiger partial charge in [-0.15, -0.1) is 0 Å². The van der Waals surface area contributed by atoms with Gasteiger partial charge in [0, 0.05) is 17.7 Å². The van der Waals surface area contributed by atoms with Crippen molar-refractivity contribution in [2.45, 2.75) is 26.3 Å². The van der Waals surface area contributed by atoms with Crippen molar-refractivity contribution in [3.63, 3.8) is 0 Å². The number of aryl methyl sites for hydroxylation is 1. The van der Waals surface area contributed by atoms with Crippen molar-refractivity contribution in [1.82, 2.24) is 9.78 Å². The fraction of sp³-hybridized carbons (Fsp3) is 0.304. The van der Waals surface area contributed by atoms with E-state index in [1.807, 2.05) is 41.9 Å². The largest absolute Gasteiger partial charge is 0.493 e. The number of fused-ring (bicyclic) bond motifs is 1. The van der Waals surface area contributed by atoms with Crippen LogP contribution in [0.5, 0.6) is 17.2 Å². The summed E-state index contributed by atoms with van der Waals surface area (Å²) in [6.07, 6.45) is 0.765. The minimum absolute atomic E-state index is 0.00707. The van der Waals surface area contributed by atoms with Crippen molar-refractivity contribution in [2.24, 2.45) is 4.99 Å². The first-order chi connectivity index (χ1) is 14.1. The Morgan fingerprint density at radius 3 is 2.17 bits per heavy atom. The Kier molecular flexibility index (Phi) is 5.01. The Labute approximate surface area is 170 Å². The average Bonchev–Trinajstić information content (AvgIpc) is 3.08. The van der Waals surface area contributed by atoms with Gasteiger partial charge in [0.15, 0.2) is 17.3 Å². The van der Waals surface area contributed by atoms with Crippen LogP contribution in [0.25, 0.3) is 11.1 Å². The fourth-order valence-electron chi connectivity index (χ4n) is 3.95. The molecule has 29 heavy (non-hydrogen) atoms. The summed E-state index contributed by atoms with van der Waals surface area (Å²) in [6, 6.07) is 14.3. The molecule has 0 radical (unpaired) electrons. The molecule has 0 unspecified atom stereocenters. The molecule has 1 aliphatic rings. The molecule has 3 aromatic rings. The molecule has 6 heteroatoms. The molecule has 2 heterocycles. The Morgan fingerprint density at radius 1 is 0.931 bits per heavy atom. The molecule has 6 nitrogen and oxygen atoms in total. The molecule has 1 aromatic heterocycles. The smallest absolute Gasteiger partial charge is 0.203 e. The Hall–Kier alpha value is -3.28. The zero-order chi connectivity index (χ0) is 20.5. The van der Waals surface area contributed by atoms with E-state index in [-0.39, 0.29) is 6.04 Å². The average molecular weight is 391 g/mol. The van der Waals surface area contributed by atoms with Gasteiger partial charge < -0.3 is 14.2 Å². The van der Waals surface area contributed by atoms with Crippen LogP contribution in [0.3, 0.4) is 0 Å². The summed E-state index contributed by atoms with van der Waals surface area (Å²) >= 11 is 0. The number of methoxy groups -OCH3 is 3. The van der Waals surface area contributed by atoms with Gasteiger partial charge in [-0.1, -0.05) is 30.3 Å². The molecule has 2 aromatic carbocycles. The lowest BCUT2D eigenvalue weighted by Gasteiger charge is -2.25. The maximum Gasteiger partial charge on any atom is 0.203 e. The van der Waals surface area contributed by atoms with Gasteiger partial charge in [-0.25, -0.2) is 9.67 Å². The van der Waals surface area contributed by atoms with E-state index in [1.54, 1.807) is 21.3 Å². The van der Waals surface area contributed by atoms with Crippen molar-refractivity contribution < 1.29 is 14.2 Å². The Bertz CT molecular complexity index is 1050. The number of benzene rings is 2. The highest BCUT2D eigenvalue weighted by Crippen LogP contribution is 2.45. The van der Waals surface area contributed by atoms with Crippen LogP contribution in [0.2, 0.25) is 0 Å². The minimum atomic E-state index is -0.00707. The first-order valence-corrected chi connectivity index (χ1v) is 9.56. The van der Waals surface area contributed by atoms with E-state index in [0.717, 1.165) is 40.3 Å². The second-order valence-corrected chi connectivity index (χ2v) is 7.12. The summed E-state index contributed by atoms with van der Waals surface area (Å²) in [6.45, 7) is 4.09. The molecule has 0 amide bonds. The molecule has 150 valence electrons. The lowest BCUT2D eigenvalue weighted by Crippen LogP contribution is -2.19. The van der Waals surface area contributed by atoms with Crippen LogP contribution in [-0.4, -0.2) is 36.8 Å². The number of hydrogen-bond donors (Lipinski definition) is 0. The minimum Gasteiger partial charge on any atom is -0.493 e. The molecule has 1 atom stereocenters. The Morgan fingerprint density at radius 2 is 1.59 bits per heavy atom. The zero-order valence-electron chi connectivity index (χ0n) is 17.4. The second kappa shape index (κ2) is 7.62. The van der Waals surface area contributed by atoms with E-state index in [0.29, 0.717) is 17.2 Å².